The Morgan fingerprint density at radius 2 is 2.12 bits per heavy atom. The van der Waals surface area contributed by atoms with Gasteiger partial charge in [-0.25, -0.2) is 0 Å². The third-order valence-electron chi connectivity index (χ3n) is 4.23. The summed E-state index contributed by atoms with van der Waals surface area (Å²) in [4.78, 5) is 14.2. The van der Waals surface area contributed by atoms with Crippen LogP contribution in [0.15, 0.2) is 48.5 Å². The summed E-state index contributed by atoms with van der Waals surface area (Å²) in [5.41, 5.74) is 2.21. The van der Waals surface area contributed by atoms with E-state index in [1.54, 1.807) is 7.05 Å². The van der Waals surface area contributed by atoms with Crippen molar-refractivity contribution in [1.29, 1.82) is 0 Å². The summed E-state index contributed by atoms with van der Waals surface area (Å²) in [5, 5.41) is 2.66. The van der Waals surface area contributed by atoms with E-state index in [0.29, 0.717) is 13.2 Å². The van der Waals surface area contributed by atoms with E-state index < -0.39 is 6.10 Å². The van der Waals surface area contributed by atoms with Gasteiger partial charge >= 0.3 is 0 Å². The molecule has 1 atom stereocenters. The molecule has 1 N–H and O–H groups in total. The number of para-hydroxylation sites is 2. The number of amides is 1. The van der Waals surface area contributed by atoms with Gasteiger partial charge in [0.1, 0.15) is 11.5 Å². The van der Waals surface area contributed by atoms with Crippen molar-refractivity contribution in [3.05, 3.63) is 54.1 Å². The fraction of sp³-hybridized carbons (Fsp3) is 0.350. The molecule has 5 heteroatoms. The van der Waals surface area contributed by atoms with Crippen molar-refractivity contribution in [2.45, 2.75) is 19.4 Å². The highest BCUT2D eigenvalue weighted by Gasteiger charge is 2.29. The van der Waals surface area contributed by atoms with Crippen LogP contribution in [-0.2, 0) is 4.79 Å². The maximum Gasteiger partial charge on any atom is 0.262 e. The predicted molar refractivity (Wildman–Crippen MR) is 98.4 cm³/mol. The molecule has 0 saturated heterocycles. The van der Waals surface area contributed by atoms with Crippen molar-refractivity contribution in [3.8, 4) is 11.5 Å². The zero-order valence-corrected chi connectivity index (χ0v) is 14.7. The van der Waals surface area contributed by atoms with Crippen molar-refractivity contribution in [2.24, 2.45) is 0 Å². The average Bonchev–Trinajstić information content (AvgIpc) is 2.64. The van der Waals surface area contributed by atoms with Crippen LogP contribution in [0.25, 0.3) is 0 Å². The highest BCUT2D eigenvalue weighted by atomic mass is 16.5. The third kappa shape index (κ3) is 4.24. The van der Waals surface area contributed by atoms with Gasteiger partial charge in [0.2, 0.25) is 0 Å². The molecule has 1 amide bonds. The summed E-state index contributed by atoms with van der Waals surface area (Å²) in [6.45, 7) is 4.03. The van der Waals surface area contributed by atoms with E-state index >= 15 is 0 Å². The standard InChI is InChI=1S/C20H24N2O3/c1-15-7-5-8-16(13-15)24-12-6-11-22-14-19(20(23)21-2)25-18-10-4-3-9-17(18)22/h3-5,7-10,13,19H,6,11-12,14H2,1-2H3,(H,21,23)/t19-/m1/s1. The zero-order chi connectivity index (χ0) is 17.6. The normalized spacial score (nSPS) is 15.9. The monoisotopic (exact) mass is 340 g/mol. The Hall–Kier alpha value is -2.69. The van der Waals surface area contributed by atoms with E-state index in [2.05, 4.69) is 23.2 Å². The molecule has 0 fully saturated rings. The molecule has 0 saturated carbocycles. The van der Waals surface area contributed by atoms with Gasteiger partial charge in [-0.15, -0.1) is 0 Å². The molecular weight excluding hydrogens is 316 g/mol. The Morgan fingerprint density at radius 1 is 1.28 bits per heavy atom. The summed E-state index contributed by atoms with van der Waals surface area (Å²) in [7, 11) is 1.63. The Morgan fingerprint density at radius 3 is 2.92 bits per heavy atom. The first-order valence-corrected chi connectivity index (χ1v) is 8.59. The lowest BCUT2D eigenvalue weighted by Gasteiger charge is -2.35. The Bertz CT molecular complexity index is 732. The SMILES string of the molecule is CNC(=O)[C@H]1CN(CCCOc2cccc(C)c2)c2ccccc2O1. The molecule has 0 aromatic heterocycles. The number of aryl methyl sites for hydroxylation is 1. The van der Waals surface area contributed by atoms with Crippen LogP contribution in [0.4, 0.5) is 5.69 Å². The maximum absolute atomic E-state index is 12.0. The van der Waals surface area contributed by atoms with Crippen LogP contribution in [0, 0.1) is 6.92 Å². The first-order chi connectivity index (χ1) is 12.2. The Kier molecular flexibility index (Phi) is 5.43. The van der Waals surface area contributed by atoms with Gasteiger partial charge < -0.3 is 19.7 Å². The molecule has 1 aliphatic heterocycles. The lowest BCUT2D eigenvalue weighted by atomic mass is 10.1. The number of anilines is 1. The van der Waals surface area contributed by atoms with E-state index in [0.717, 1.165) is 30.2 Å². The molecule has 5 nitrogen and oxygen atoms in total. The minimum atomic E-state index is -0.488. The zero-order valence-electron chi connectivity index (χ0n) is 14.7. The fourth-order valence-corrected chi connectivity index (χ4v) is 2.97. The van der Waals surface area contributed by atoms with Gasteiger partial charge in [0.05, 0.1) is 18.8 Å². The van der Waals surface area contributed by atoms with E-state index in [4.69, 9.17) is 9.47 Å². The fourth-order valence-electron chi connectivity index (χ4n) is 2.97. The highest BCUT2D eigenvalue weighted by molar-refractivity contribution is 5.83. The van der Waals surface area contributed by atoms with E-state index in [-0.39, 0.29) is 5.91 Å². The first kappa shape index (κ1) is 17.1. The lowest BCUT2D eigenvalue weighted by Crippen LogP contribution is -2.48. The minimum Gasteiger partial charge on any atom is -0.494 e. The molecule has 1 heterocycles. The molecule has 2 aromatic carbocycles. The number of rotatable bonds is 6. The molecule has 2 aromatic rings. The van der Waals surface area contributed by atoms with Gasteiger partial charge in [-0.2, -0.15) is 0 Å². The highest BCUT2D eigenvalue weighted by Crippen LogP contribution is 2.33. The van der Waals surface area contributed by atoms with Gasteiger partial charge in [-0.3, -0.25) is 4.79 Å². The molecule has 3 rings (SSSR count). The first-order valence-electron chi connectivity index (χ1n) is 8.59. The molecule has 1 aliphatic rings. The van der Waals surface area contributed by atoms with Gasteiger partial charge in [0, 0.05) is 13.6 Å². The van der Waals surface area contributed by atoms with E-state index in [9.17, 15) is 4.79 Å². The second-order valence-electron chi connectivity index (χ2n) is 6.15. The van der Waals surface area contributed by atoms with E-state index in [1.807, 2.05) is 42.5 Å². The molecule has 25 heavy (non-hydrogen) atoms. The molecule has 0 spiro atoms. The number of nitrogens with one attached hydrogen (secondary N) is 1. The van der Waals surface area contributed by atoms with Crippen LogP contribution in [0.5, 0.6) is 11.5 Å². The summed E-state index contributed by atoms with van der Waals surface area (Å²) in [5.74, 6) is 1.54. The van der Waals surface area contributed by atoms with Crippen LogP contribution in [0.2, 0.25) is 0 Å². The second-order valence-corrected chi connectivity index (χ2v) is 6.15. The third-order valence-corrected chi connectivity index (χ3v) is 4.23. The van der Waals surface area contributed by atoms with Crippen molar-refractivity contribution in [1.82, 2.24) is 5.32 Å². The number of nitrogens with zero attached hydrogens (tertiary/aromatic N) is 1. The number of hydrogen-bond donors (Lipinski definition) is 1. The quantitative estimate of drug-likeness (QED) is 0.822. The van der Waals surface area contributed by atoms with Crippen molar-refractivity contribution >= 4 is 11.6 Å². The van der Waals surface area contributed by atoms with Crippen molar-refractivity contribution in [2.75, 3.05) is 31.6 Å². The van der Waals surface area contributed by atoms with Gasteiger partial charge in [0.25, 0.3) is 5.91 Å². The van der Waals surface area contributed by atoms with Crippen molar-refractivity contribution in [3.63, 3.8) is 0 Å². The molecule has 0 unspecified atom stereocenters. The summed E-state index contributed by atoms with van der Waals surface area (Å²) in [6, 6.07) is 15.9. The number of carbonyl (C=O) groups is 1. The summed E-state index contributed by atoms with van der Waals surface area (Å²) >= 11 is 0. The van der Waals surface area contributed by atoms with E-state index in [1.165, 1.54) is 5.56 Å². The molecular formula is C20H24N2O3. The summed E-state index contributed by atoms with van der Waals surface area (Å²) in [6.07, 6.45) is 0.375. The Balaban J connectivity index is 1.59. The van der Waals surface area contributed by atoms with Gasteiger partial charge in [0.15, 0.2) is 6.10 Å². The topological polar surface area (TPSA) is 50.8 Å². The van der Waals surface area contributed by atoms with Crippen LogP contribution >= 0.6 is 0 Å². The number of hydrogen-bond acceptors (Lipinski definition) is 4. The smallest absolute Gasteiger partial charge is 0.262 e. The minimum absolute atomic E-state index is 0.101. The number of fused-ring (bicyclic) bond motifs is 1. The predicted octanol–water partition coefficient (Wildman–Crippen LogP) is 2.78. The number of likely N-dealkylation sites (N-methyl/N-ethyl adjacent to an activating group) is 1. The Labute approximate surface area is 148 Å². The number of benzene rings is 2. The molecule has 0 radical (unpaired) electrons. The second kappa shape index (κ2) is 7.92. The maximum atomic E-state index is 12.0. The van der Waals surface area contributed by atoms with Gasteiger partial charge in [-0.1, -0.05) is 24.3 Å². The largest absolute Gasteiger partial charge is 0.494 e. The van der Waals surface area contributed by atoms with Crippen LogP contribution in [-0.4, -0.2) is 38.8 Å². The van der Waals surface area contributed by atoms with Crippen LogP contribution in [0.3, 0.4) is 0 Å². The van der Waals surface area contributed by atoms with Gasteiger partial charge in [-0.05, 0) is 43.2 Å². The summed E-state index contributed by atoms with van der Waals surface area (Å²) < 4.78 is 11.6. The van der Waals surface area contributed by atoms with Crippen LogP contribution < -0.4 is 19.7 Å². The molecule has 0 aliphatic carbocycles. The van der Waals surface area contributed by atoms with Crippen molar-refractivity contribution < 1.29 is 14.3 Å². The average molecular weight is 340 g/mol. The molecule has 132 valence electrons. The van der Waals surface area contributed by atoms with Crippen LogP contribution in [0.1, 0.15) is 12.0 Å². The molecule has 0 bridgehead atoms. The number of carbonyl (C=O) groups excluding carboxylic acids is 1. The lowest BCUT2D eigenvalue weighted by molar-refractivity contribution is -0.127. The number of ether oxygens (including phenoxy) is 2.